The Morgan fingerprint density at radius 2 is 1.94 bits per heavy atom. The van der Waals surface area contributed by atoms with Gasteiger partial charge >= 0.3 is 0 Å². The van der Waals surface area contributed by atoms with Gasteiger partial charge in [-0.1, -0.05) is 38.1 Å². The van der Waals surface area contributed by atoms with Gasteiger partial charge in [0.25, 0.3) is 0 Å². The summed E-state index contributed by atoms with van der Waals surface area (Å²) in [6.07, 6.45) is 0. The highest BCUT2D eigenvalue weighted by Crippen LogP contribution is 2.30. The Labute approximate surface area is 105 Å². The fourth-order valence-corrected chi connectivity index (χ4v) is 1.48. The Bertz CT molecular complexity index is 545. The molecule has 0 fully saturated rings. The van der Waals surface area contributed by atoms with Crippen LogP contribution < -0.4 is 5.73 Å². The van der Waals surface area contributed by atoms with Gasteiger partial charge in [-0.15, -0.1) is 0 Å². The van der Waals surface area contributed by atoms with Crippen molar-refractivity contribution in [2.45, 2.75) is 26.8 Å². The molecule has 0 bridgehead atoms. The van der Waals surface area contributed by atoms with Gasteiger partial charge in [0, 0.05) is 0 Å². The van der Waals surface area contributed by atoms with Crippen LogP contribution in [-0.2, 0) is 0 Å². The third-order valence-corrected chi connectivity index (χ3v) is 2.76. The van der Waals surface area contributed by atoms with Crippen molar-refractivity contribution in [1.29, 1.82) is 0 Å². The fraction of sp³-hybridized carbons (Fsp3) is 0.385. The average molecular weight is 249 g/mol. The van der Waals surface area contributed by atoms with Crippen molar-refractivity contribution in [3.8, 4) is 11.4 Å². The summed E-state index contributed by atoms with van der Waals surface area (Å²) in [5, 5.41) is 3.78. The molecule has 0 saturated carbocycles. The Morgan fingerprint density at radius 3 is 2.56 bits per heavy atom. The molecule has 96 valence electrons. The minimum absolute atomic E-state index is 0.195. The highest BCUT2D eigenvalue weighted by atomic mass is 19.1. The third-order valence-electron chi connectivity index (χ3n) is 2.76. The monoisotopic (exact) mass is 249 g/mol. The second-order valence-electron chi connectivity index (χ2n) is 5.28. The molecule has 0 aliphatic carbocycles. The summed E-state index contributed by atoms with van der Waals surface area (Å²) in [4.78, 5) is 4.16. The maximum absolute atomic E-state index is 13.6. The van der Waals surface area contributed by atoms with Crippen LogP contribution in [0.1, 0.15) is 32.7 Å². The first-order valence-corrected chi connectivity index (χ1v) is 5.73. The van der Waals surface area contributed by atoms with Crippen molar-refractivity contribution in [3.63, 3.8) is 0 Å². The quantitative estimate of drug-likeness (QED) is 0.888. The van der Waals surface area contributed by atoms with E-state index >= 15 is 0 Å². The summed E-state index contributed by atoms with van der Waals surface area (Å²) in [5.74, 6) is 0.165. The number of aromatic nitrogens is 2. The van der Waals surface area contributed by atoms with E-state index in [1.54, 1.807) is 18.2 Å². The zero-order valence-electron chi connectivity index (χ0n) is 10.6. The molecule has 4 nitrogen and oxygen atoms in total. The summed E-state index contributed by atoms with van der Waals surface area (Å²) in [7, 11) is 0. The third kappa shape index (κ3) is 2.41. The lowest BCUT2D eigenvalue weighted by Crippen LogP contribution is -2.26. The van der Waals surface area contributed by atoms with Crippen molar-refractivity contribution in [2.24, 2.45) is 11.1 Å². The molecule has 1 heterocycles. The number of benzene rings is 1. The molecule has 2 N–H and O–H groups in total. The molecule has 2 aromatic rings. The van der Waals surface area contributed by atoms with Gasteiger partial charge in [-0.3, -0.25) is 0 Å². The molecule has 0 unspecified atom stereocenters. The lowest BCUT2D eigenvalue weighted by atomic mass is 9.87. The summed E-state index contributed by atoms with van der Waals surface area (Å²) in [6, 6.07) is 5.91. The molecule has 0 saturated heterocycles. The van der Waals surface area contributed by atoms with E-state index in [0.717, 1.165) is 0 Å². The van der Waals surface area contributed by atoms with Crippen molar-refractivity contribution in [3.05, 3.63) is 36.0 Å². The second-order valence-corrected chi connectivity index (χ2v) is 5.28. The Balaban J connectivity index is 2.35. The second kappa shape index (κ2) is 4.49. The van der Waals surface area contributed by atoms with Crippen LogP contribution in [0.4, 0.5) is 4.39 Å². The van der Waals surface area contributed by atoms with E-state index in [2.05, 4.69) is 10.1 Å². The Kier molecular flexibility index (Phi) is 3.17. The van der Waals surface area contributed by atoms with Gasteiger partial charge < -0.3 is 10.3 Å². The summed E-state index contributed by atoms with van der Waals surface area (Å²) >= 11 is 0. The lowest BCUT2D eigenvalue weighted by Gasteiger charge is -2.23. The van der Waals surface area contributed by atoms with Gasteiger partial charge in [0.15, 0.2) is 0 Å². The molecule has 0 amide bonds. The van der Waals surface area contributed by atoms with Crippen LogP contribution in [0.25, 0.3) is 11.4 Å². The standard InChI is InChI=1S/C13H16FN3O/c1-13(2,3)10(15)12-16-11(17-18-12)8-6-4-5-7-9(8)14/h4-7,10H,15H2,1-3H3/t10-/m0/s1. The molecule has 5 heteroatoms. The number of hydrogen-bond donors (Lipinski definition) is 1. The smallest absolute Gasteiger partial charge is 0.244 e. The Morgan fingerprint density at radius 1 is 1.28 bits per heavy atom. The Hall–Kier alpha value is -1.75. The molecule has 0 radical (unpaired) electrons. The number of nitrogens with zero attached hydrogens (tertiary/aromatic N) is 2. The lowest BCUT2D eigenvalue weighted by molar-refractivity contribution is 0.253. The minimum Gasteiger partial charge on any atom is -0.337 e. The van der Waals surface area contributed by atoms with Gasteiger partial charge in [0.1, 0.15) is 5.82 Å². The normalized spacial score (nSPS) is 13.6. The summed E-state index contributed by atoms with van der Waals surface area (Å²) in [5.41, 5.74) is 6.13. The molecule has 0 spiro atoms. The van der Waals surface area contributed by atoms with E-state index in [1.807, 2.05) is 20.8 Å². The minimum atomic E-state index is -0.384. The largest absolute Gasteiger partial charge is 0.337 e. The van der Waals surface area contributed by atoms with Gasteiger partial charge in [0.05, 0.1) is 11.6 Å². The maximum Gasteiger partial charge on any atom is 0.244 e. The maximum atomic E-state index is 13.6. The number of hydrogen-bond acceptors (Lipinski definition) is 4. The van der Waals surface area contributed by atoms with Gasteiger partial charge in [-0.2, -0.15) is 4.98 Å². The van der Waals surface area contributed by atoms with Crippen LogP contribution in [0.15, 0.2) is 28.8 Å². The zero-order valence-corrected chi connectivity index (χ0v) is 10.6. The van der Waals surface area contributed by atoms with E-state index in [4.69, 9.17) is 10.3 Å². The predicted molar refractivity (Wildman–Crippen MR) is 66.1 cm³/mol. The summed E-state index contributed by atoms with van der Waals surface area (Å²) < 4.78 is 18.7. The first-order valence-electron chi connectivity index (χ1n) is 5.73. The van der Waals surface area contributed by atoms with Crippen LogP contribution in [0.3, 0.4) is 0 Å². The summed E-state index contributed by atoms with van der Waals surface area (Å²) in [6.45, 7) is 5.93. The molecular formula is C13H16FN3O. The molecule has 0 aliphatic rings. The van der Waals surface area contributed by atoms with Crippen LogP contribution in [-0.4, -0.2) is 10.1 Å². The van der Waals surface area contributed by atoms with Crippen LogP contribution in [0.2, 0.25) is 0 Å². The van der Waals surface area contributed by atoms with E-state index < -0.39 is 0 Å². The number of nitrogens with two attached hydrogens (primary N) is 1. The highest BCUT2D eigenvalue weighted by molar-refractivity contribution is 5.54. The zero-order chi connectivity index (χ0) is 13.3. The molecular weight excluding hydrogens is 233 g/mol. The molecule has 18 heavy (non-hydrogen) atoms. The molecule has 1 aromatic heterocycles. The van der Waals surface area contributed by atoms with Gasteiger partial charge in [-0.25, -0.2) is 4.39 Å². The number of rotatable bonds is 2. The van der Waals surface area contributed by atoms with Crippen molar-refractivity contribution >= 4 is 0 Å². The van der Waals surface area contributed by atoms with Crippen molar-refractivity contribution in [1.82, 2.24) is 10.1 Å². The topological polar surface area (TPSA) is 64.9 Å². The van der Waals surface area contributed by atoms with Crippen molar-refractivity contribution in [2.75, 3.05) is 0 Å². The predicted octanol–water partition coefficient (Wildman–Crippen LogP) is 2.92. The first kappa shape index (κ1) is 12.7. The van der Waals surface area contributed by atoms with Gasteiger partial charge in [-0.05, 0) is 17.5 Å². The van der Waals surface area contributed by atoms with E-state index in [-0.39, 0.29) is 23.1 Å². The van der Waals surface area contributed by atoms with E-state index in [9.17, 15) is 4.39 Å². The van der Waals surface area contributed by atoms with E-state index in [0.29, 0.717) is 11.5 Å². The SMILES string of the molecule is CC(C)(C)[C@@H](N)c1nc(-c2ccccc2F)no1. The first-order chi connectivity index (χ1) is 8.39. The van der Waals surface area contributed by atoms with Crippen LogP contribution >= 0.6 is 0 Å². The van der Waals surface area contributed by atoms with Crippen LogP contribution in [0, 0.1) is 11.2 Å². The molecule has 1 aromatic carbocycles. The van der Waals surface area contributed by atoms with Crippen LogP contribution in [0.5, 0.6) is 0 Å². The highest BCUT2D eigenvalue weighted by Gasteiger charge is 2.28. The van der Waals surface area contributed by atoms with Crippen molar-refractivity contribution < 1.29 is 8.91 Å². The van der Waals surface area contributed by atoms with Gasteiger partial charge in [0.2, 0.25) is 11.7 Å². The molecule has 2 rings (SSSR count). The van der Waals surface area contributed by atoms with E-state index in [1.165, 1.54) is 6.07 Å². The number of halogens is 1. The molecule has 1 atom stereocenters. The fourth-order valence-electron chi connectivity index (χ4n) is 1.48. The average Bonchev–Trinajstić information content (AvgIpc) is 2.76. The molecule has 0 aliphatic heterocycles.